The Morgan fingerprint density at radius 3 is 2.42 bits per heavy atom. The van der Waals surface area contributed by atoms with Crippen LogP contribution in [0, 0.1) is 6.92 Å². The van der Waals surface area contributed by atoms with Crippen molar-refractivity contribution in [2.45, 2.75) is 19.8 Å². The predicted octanol–water partition coefficient (Wildman–Crippen LogP) is 1.48. The van der Waals surface area contributed by atoms with Gasteiger partial charge in [-0.3, -0.25) is 0 Å². The molecule has 0 aromatic carbocycles. The van der Waals surface area contributed by atoms with Crippen molar-refractivity contribution in [3.05, 3.63) is 17.6 Å². The second-order valence-corrected chi connectivity index (χ2v) is 2.61. The molecule has 12 heavy (non-hydrogen) atoms. The van der Waals surface area contributed by atoms with Crippen LogP contribution in [0.5, 0.6) is 0 Å². The van der Waals surface area contributed by atoms with Gasteiger partial charge < -0.3 is 5.73 Å². The van der Waals surface area contributed by atoms with Crippen molar-refractivity contribution < 1.29 is 8.78 Å². The van der Waals surface area contributed by atoms with E-state index in [0.717, 1.165) is 13.0 Å². The molecule has 0 aliphatic heterocycles. The van der Waals surface area contributed by atoms with Crippen molar-refractivity contribution >= 4 is 5.82 Å². The van der Waals surface area contributed by atoms with Gasteiger partial charge in [0.1, 0.15) is 17.3 Å². The third-order valence-corrected chi connectivity index (χ3v) is 1.31. The van der Waals surface area contributed by atoms with E-state index in [4.69, 9.17) is 5.73 Å². The molecule has 0 atom stereocenters. The van der Waals surface area contributed by atoms with E-state index in [9.17, 15) is 8.78 Å². The van der Waals surface area contributed by atoms with Crippen molar-refractivity contribution in [1.82, 2.24) is 9.97 Å². The molecule has 0 fully saturated rings. The SMILES string of the molecule is Cc1nc(N)cc(C(C)(F)F)n1. The number of nitrogen functional groups attached to an aromatic ring is 1. The molecule has 5 heteroatoms. The molecule has 1 rings (SSSR count). The number of anilines is 1. The molecule has 0 saturated heterocycles. The van der Waals surface area contributed by atoms with Gasteiger partial charge in [0, 0.05) is 13.0 Å². The smallest absolute Gasteiger partial charge is 0.287 e. The number of rotatable bonds is 1. The summed E-state index contributed by atoms with van der Waals surface area (Å²) in [5.74, 6) is -2.63. The van der Waals surface area contributed by atoms with E-state index in [-0.39, 0.29) is 17.3 Å². The molecule has 0 spiro atoms. The van der Waals surface area contributed by atoms with Crippen LogP contribution in [-0.4, -0.2) is 9.97 Å². The van der Waals surface area contributed by atoms with Gasteiger partial charge in [-0.25, -0.2) is 9.97 Å². The molecule has 2 N–H and O–H groups in total. The maximum absolute atomic E-state index is 12.7. The molecule has 3 nitrogen and oxygen atoms in total. The molecule has 0 saturated carbocycles. The molecule has 1 aromatic rings. The van der Waals surface area contributed by atoms with E-state index < -0.39 is 5.92 Å². The van der Waals surface area contributed by atoms with Crippen LogP contribution in [0.25, 0.3) is 0 Å². The summed E-state index contributed by atoms with van der Waals surface area (Å²) in [6.07, 6.45) is 0. The van der Waals surface area contributed by atoms with Gasteiger partial charge >= 0.3 is 0 Å². The summed E-state index contributed by atoms with van der Waals surface area (Å²) in [7, 11) is 0. The largest absolute Gasteiger partial charge is 0.384 e. The van der Waals surface area contributed by atoms with Gasteiger partial charge in [0.05, 0.1) is 0 Å². The van der Waals surface area contributed by atoms with E-state index in [1.807, 2.05) is 0 Å². The number of hydrogen-bond acceptors (Lipinski definition) is 3. The number of aryl methyl sites for hydroxylation is 1. The molecule has 0 aliphatic rings. The van der Waals surface area contributed by atoms with Crippen LogP contribution in [0.3, 0.4) is 0 Å². The average Bonchev–Trinajstić information content (AvgIpc) is 1.82. The summed E-state index contributed by atoms with van der Waals surface area (Å²) in [5.41, 5.74) is 4.93. The lowest BCUT2D eigenvalue weighted by Gasteiger charge is -2.09. The quantitative estimate of drug-likeness (QED) is 0.699. The lowest BCUT2D eigenvalue weighted by atomic mass is 10.2. The molecule has 66 valence electrons. The van der Waals surface area contributed by atoms with Crippen molar-refractivity contribution in [2.24, 2.45) is 0 Å². The predicted molar refractivity (Wildman–Crippen MR) is 40.7 cm³/mol. The van der Waals surface area contributed by atoms with Crippen LogP contribution in [0.1, 0.15) is 18.4 Å². The fourth-order valence-corrected chi connectivity index (χ4v) is 0.816. The Morgan fingerprint density at radius 1 is 1.42 bits per heavy atom. The first-order valence-electron chi connectivity index (χ1n) is 3.39. The monoisotopic (exact) mass is 173 g/mol. The Bertz CT molecular complexity index is 273. The average molecular weight is 173 g/mol. The van der Waals surface area contributed by atoms with Gasteiger partial charge in [-0.2, -0.15) is 8.78 Å². The van der Waals surface area contributed by atoms with E-state index in [1.54, 1.807) is 0 Å². The molecule has 1 heterocycles. The normalized spacial score (nSPS) is 11.7. The van der Waals surface area contributed by atoms with Crippen molar-refractivity contribution in [1.29, 1.82) is 0 Å². The summed E-state index contributed by atoms with van der Waals surface area (Å²) in [6.45, 7) is 2.29. The van der Waals surface area contributed by atoms with E-state index in [1.165, 1.54) is 6.92 Å². The van der Waals surface area contributed by atoms with Gasteiger partial charge in [0.2, 0.25) is 0 Å². The maximum Gasteiger partial charge on any atom is 0.287 e. The topological polar surface area (TPSA) is 51.8 Å². The summed E-state index contributed by atoms with van der Waals surface area (Å²) in [4.78, 5) is 7.25. The van der Waals surface area contributed by atoms with Crippen LogP contribution < -0.4 is 5.73 Å². The second-order valence-electron chi connectivity index (χ2n) is 2.61. The zero-order valence-corrected chi connectivity index (χ0v) is 6.81. The number of halogens is 2. The standard InChI is InChI=1S/C7H9F2N3/c1-4-11-5(7(2,8)9)3-6(10)12-4/h3H,1-2H3,(H2,10,11,12). The molecule has 0 aliphatic carbocycles. The minimum atomic E-state index is -2.96. The Kier molecular flexibility index (Phi) is 1.95. The highest BCUT2D eigenvalue weighted by molar-refractivity contribution is 5.31. The zero-order chi connectivity index (χ0) is 9.35. The number of nitrogens with two attached hydrogens (primary N) is 1. The number of aromatic nitrogens is 2. The first-order valence-corrected chi connectivity index (χ1v) is 3.39. The fourth-order valence-electron chi connectivity index (χ4n) is 0.816. The van der Waals surface area contributed by atoms with E-state index in [2.05, 4.69) is 9.97 Å². The summed E-state index contributed by atoms with van der Waals surface area (Å²) >= 11 is 0. The molecule has 1 aromatic heterocycles. The van der Waals surface area contributed by atoms with Crippen LogP contribution in [-0.2, 0) is 5.92 Å². The Morgan fingerprint density at radius 2 is 2.00 bits per heavy atom. The summed E-state index contributed by atoms with van der Waals surface area (Å²) < 4.78 is 25.3. The van der Waals surface area contributed by atoms with Gasteiger partial charge in [-0.05, 0) is 6.92 Å². The Labute approximate surface area is 68.6 Å². The van der Waals surface area contributed by atoms with Crippen molar-refractivity contribution in [2.75, 3.05) is 5.73 Å². The summed E-state index contributed by atoms with van der Waals surface area (Å²) in [6, 6.07) is 1.08. The van der Waals surface area contributed by atoms with Crippen molar-refractivity contribution in [3.63, 3.8) is 0 Å². The minimum absolute atomic E-state index is 0.0685. The fraction of sp³-hybridized carbons (Fsp3) is 0.429. The van der Waals surface area contributed by atoms with Gasteiger partial charge in [-0.1, -0.05) is 0 Å². The molecule has 0 amide bonds. The lowest BCUT2D eigenvalue weighted by molar-refractivity contribution is 0.0125. The van der Waals surface area contributed by atoms with E-state index >= 15 is 0 Å². The van der Waals surface area contributed by atoms with Gasteiger partial charge in [0.15, 0.2) is 0 Å². The summed E-state index contributed by atoms with van der Waals surface area (Å²) in [5, 5.41) is 0. The number of alkyl halides is 2. The highest BCUT2D eigenvalue weighted by atomic mass is 19.3. The first kappa shape index (κ1) is 8.83. The second kappa shape index (κ2) is 2.66. The number of hydrogen-bond donors (Lipinski definition) is 1. The lowest BCUT2D eigenvalue weighted by Crippen LogP contribution is -2.12. The van der Waals surface area contributed by atoms with Gasteiger partial charge in [-0.15, -0.1) is 0 Å². The van der Waals surface area contributed by atoms with Crippen molar-refractivity contribution in [3.8, 4) is 0 Å². The third kappa shape index (κ3) is 1.87. The molecule has 0 bridgehead atoms. The molecular weight excluding hydrogens is 164 g/mol. The zero-order valence-electron chi connectivity index (χ0n) is 6.81. The Hall–Kier alpha value is -1.26. The van der Waals surface area contributed by atoms with Crippen LogP contribution >= 0.6 is 0 Å². The first-order chi connectivity index (χ1) is 5.39. The maximum atomic E-state index is 12.7. The highest BCUT2D eigenvalue weighted by Gasteiger charge is 2.26. The van der Waals surface area contributed by atoms with Crippen LogP contribution in [0.2, 0.25) is 0 Å². The van der Waals surface area contributed by atoms with E-state index in [0.29, 0.717) is 0 Å². The van der Waals surface area contributed by atoms with Gasteiger partial charge in [0.25, 0.3) is 5.92 Å². The number of nitrogens with zero attached hydrogens (tertiary/aromatic N) is 2. The third-order valence-electron chi connectivity index (χ3n) is 1.31. The van der Waals surface area contributed by atoms with Crippen LogP contribution in [0.15, 0.2) is 6.07 Å². The molecule has 0 radical (unpaired) electrons. The Balaban J connectivity index is 3.18. The van der Waals surface area contributed by atoms with Crippen LogP contribution in [0.4, 0.5) is 14.6 Å². The molecule has 0 unspecified atom stereocenters. The highest BCUT2D eigenvalue weighted by Crippen LogP contribution is 2.25. The minimum Gasteiger partial charge on any atom is -0.384 e. The molecular formula is C7H9F2N3.